The Hall–Kier alpha value is -2.17. The SMILES string of the molecule is Nc1ccc(C=CC(=O)O)c(N)c1N. The van der Waals surface area contributed by atoms with Crippen molar-refractivity contribution in [2.75, 3.05) is 17.2 Å². The molecule has 0 unspecified atom stereocenters. The molecule has 0 aromatic heterocycles. The van der Waals surface area contributed by atoms with E-state index in [0.29, 0.717) is 16.9 Å². The van der Waals surface area contributed by atoms with E-state index in [0.717, 1.165) is 6.08 Å². The van der Waals surface area contributed by atoms with Crippen molar-refractivity contribution in [2.45, 2.75) is 0 Å². The van der Waals surface area contributed by atoms with E-state index in [2.05, 4.69) is 0 Å². The van der Waals surface area contributed by atoms with E-state index in [-0.39, 0.29) is 5.69 Å². The van der Waals surface area contributed by atoms with Crippen LogP contribution in [0.4, 0.5) is 17.1 Å². The number of hydrogen-bond donors (Lipinski definition) is 4. The first kappa shape index (κ1) is 9.91. The van der Waals surface area contributed by atoms with Crippen molar-refractivity contribution >= 4 is 29.1 Å². The predicted octanol–water partition coefficient (Wildman–Crippen LogP) is 0.531. The van der Waals surface area contributed by atoms with Gasteiger partial charge in [0.25, 0.3) is 0 Å². The van der Waals surface area contributed by atoms with E-state index in [1.807, 2.05) is 0 Å². The molecule has 74 valence electrons. The Morgan fingerprint density at radius 3 is 2.43 bits per heavy atom. The monoisotopic (exact) mass is 193 g/mol. The molecular formula is C9H11N3O2. The van der Waals surface area contributed by atoms with Gasteiger partial charge < -0.3 is 22.3 Å². The molecule has 0 spiro atoms. The first-order valence-corrected chi connectivity index (χ1v) is 3.87. The fourth-order valence-corrected chi connectivity index (χ4v) is 0.977. The number of carboxylic acid groups (broad SMARTS) is 1. The molecule has 0 bridgehead atoms. The van der Waals surface area contributed by atoms with Crippen LogP contribution in [0.2, 0.25) is 0 Å². The van der Waals surface area contributed by atoms with Crippen molar-refractivity contribution in [1.82, 2.24) is 0 Å². The highest BCUT2D eigenvalue weighted by atomic mass is 16.4. The van der Waals surface area contributed by atoms with Crippen LogP contribution in [0.25, 0.3) is 6.08 Å². The average molecular weight is 193 g/mol. The second-order valence-corrected chi connectivity index (χ2v) is 2.74. The zero-order valence-corrected chi connectivity index (χ0v) is 7.40. The number of hydrogen-bond acceptors (Lipinski definition) is 4. The lowest BCUT2D eigenvalue weighted by molar-refractivity contribution is -0.131. The zero-order chi connectivity index (χ0) is 10.7. The molecule has 0 aliphatic heterocycles. The second kappa shape index (κ2) is 3.69. The third-order valence-electron chi connectivity index (χ3n) is 1.76. The Kier molecular flexibility index (Phi) is 2.62. The molecule has 5 heteroatoms. The molecule has 1 aromatic rings. The number of carbonyl (C=O) groups is 1. The molecule has 1 rings (SSSR count). The van der Waals surface area contributed by atoms with Gasteiger partial charge in [-0.3, -0.25) is 0 Å². The molecule has 1 aromatic carbocycles. The molecule has 0 atom stereocenters. The molecule has 0 aliphatic rings. The van der Waals surface area contributed by atoms with Gasteiger partial charge in [-0.1, -0.05) is 6.07 Å². The van der Waals surface area contributed by atoms with Crippen LogP contribution in [0.5, 0.6) is 0 Å². The van der Waals surface area contributed by atoms with Crippen LogP contribution < -0.4 is 17.2 Å². The minimum absolute atomic E-state index is 0.275. The predicted molar refractivity (Wildman–Crippen MR) is 56.3 cm³/mol. The Morgan fingerprint density at radius 2 is 1.86 bits per heavy atom. The highest BCUT2D eigenvalue weighted by molar-refractivity contribution is 5.90. The molecule has 7 N–H and O–H groups in total. The van der Waals surface area contributed by atoms with Gasteiger partial charge in [0.05, 0.1) is 17.1 Å². The van der Waals surface area contributed by atoms with E-state index < -0.39 is 5.97 Å². The summed E-state index contributed by atoms with van der Waals surface area (Å²) in [6.45, 7) is 0. The number of aliphatic carboxylic acids is 1. The van der Waals surface area contributed by atoms with Crippen LogP contribution in [0.1, 0.15) is 5.56 Å². The molecule has 0 amide bonds. The van der Waals surface area contributed by atoms with Gasteiger partial charge in [0.1, 0.15) is 0 Å². The molecule has 0 saturated carbocycles. The smallest absolute Gasteiger partial charge is 0.328 e. The molecular weight excluding hydrogens is 182 g/mol. The quantitative estimate of drug-likeness (QED) is 0.404. The maximum absolute atomic E-state index is 10.3. The number of benzene rings is 1. The lowest BCUT2D eigenvalue weighted by atomic mass is 10.1. The van der Waals surface area contributed by atoms with Gasteiger partial charge in [-0.2, -0.15) is 0 Å². The standard InChI is InChI=1S/C9H11N3O2/c10-6-3-1-5(2-4-7(13)14)8(11)9(6)12/h1-4H,10-12H2,(H,13,14). The van der Waals surface area contributed by atoms with Crippen molar-refractivity contribution in [3.8, 4) is 0 Å². The van der Waals surface area contributed by atoms with Crippen molar-refractivity contribution in [3.05, 3.63) is 23.8 Å². The first-order valence-electron chi connectivity index (χ1n) is 3.87. The lowest BCUT2D eigenvalue weighted by Gasteiger charge is -2.06. The van der Waals surface area contributed by atoms with E-state index >= 15 is 0 Å². The van der Waals surface area contributed by atoms with Crippen molar-refractivity contribution < 1.29 is 9.90 Å². The minimum Gasteiger partial charge on any atom is -0.478 e. The highest BCUT2D eigenvalue weighted by Gasteiger charge is 2.03. The number of anilines is 3. The Labute approximate surface area is 80.8 Å². The molecule has 0 fully saturated rings. The Balaban J connectivity index is 3.12. The molecule has 14 heavy (non-hydrogen) atoms. The molecule has 0 heterocycles. The summed E-state index contributed by atoms with van der Waals surface area (Å²) in [5, 5.41) is 8.41. The summed E-state index contributed by atoms with van der Waals surface area (Å²) in [4.78, 5) is 10.3. The van der Waals surface area contributed by atoms with Gasteiger partial charge >= 0.3 is 5.97 Å². The maximum Gasteiger partial charge on any atom is 0.328 e. The summed E-state index contributed by atoms with van der Waals surface area (Å²) in [6, 6.07) is 3.19. The van der Waals surface area contributed by atoms with Gasteiger partial charge in [-0.05, 0) is 17.7 Å². The van der Waals surface area contributed by atoms with Crippen LogP contribution in [-0.4, -0.2) is 11.1 Å². The highest BCUT2D eigenvalue weighted by Crippen LogP contribution is 2.26. The van der Waals surface area contributed by atoms with E-state index in [1.165, 1.54) is 6.08 Å². The second-order valence-electron chi connectivity index (χ2n) is 2.74. The van der Waals surface area contributed by atoms with Crippen molar-refractivity contribution in [3.63, 3.8) is 0 Å². The summed E-state index contributed by atoms with van der Waals surface area (Å²) >= 11 is 0. The number of nitrogens with two attached hydrogens (primary N) is 3. The van der Waals surface area contributed by atoms with Crippen LogP contribution in [-0.2, 0) is 4.79 Å². The van der Waals surface area contributed by atoms with Gasteiger partial charge in [-0.15, -0.1) is 0 Å². The van der Waals surface area contributed by atoms with Crippen LogP contribution in [0.3, 0.4) is 0 Å². The Morgan fingerprint density at radius 1 is 1.21 bits per heavy atom. The summed E-state index contributed by atoms with van der Waals surface area (Å²) < 4.78 is 0. The van der Waals surface area contributed by atoms with Gasteiger partial charge in [0, 0.05) is 6.08 Å². The lowest BCUT2D eigenvalue weighted by Crippen LogP contribution is -2.01. The first-order chi connectivity index (χ1) is 6.52. The number of carboxylic acids is 1. The van der Waals surface area contributed by atoms with E-state index in [1.54, 1.807) is 12.1 Å². The van der Waals surface area contributed by atoms with E-state index in [9.17, 15) is 4.79 Å². The van der Waals surface area contributed by atoms with Gasteiger partial charge in [0.15, 0.2) is 0 Å². The fraction of sp³-hybridized carbons (Fsp3) is 0. The molecule has 0 aliphatic carbocycles. The van der Waals surface area contributed by atoms with E-state index in [4.69, 9.17) is 22.3 Å². The summed E-state index contributed by atoms with van der Waals surface area (Å²) in [7, 11) is 0. The normalized spacial score (nSPS) is 10.6. The van der Waals surface area contributed by atoms with Crippen LogP contribution in [0, 0.1) is 0 Å². The average Bonchev–Trinajstić information content (AvgIpc) is 2.13. The summed E-state index contributed by atoms with van der Waals surface area (Å²) in [5.74, 6) is -1.04. The summed E-state index contributed by atoms with van der Waals surface area (Å²) in [6.07, 6.45) is 2.36. The fourth-order valence-electron chi connectivity index (χ4n) is 0.977. The third kappa shape index (κ3) is 1.95. The molecule has 0 saturated heterocycles. The van der Waals surface area contributed by atoms with Crippen molar-refractivity contribution in [1.29, 1.82) is 0 Å². The van der Waals surface area contributed by atoms with Gasteiger partial charge in [0.2, 0.25) is 0 Å². The maximum atomic E-state index is 10.3. The zero-order valence-electron chi connectivity index (χ0n) is 7.40. The number of rotatable bonds is 2. The number of nitrogen functional groups attached to an aromatic ring is 3. The van der Waals surface area contributed by atoms with Gasteiger partial charge in [-0.25, -0.2) is 4.79 Å². The summed E-state index contributed by atoms with van der Waals surface area (Å²) in [5.41, 5.74) is 18.2. The third-order valence-corrected chi connectivity index (χ3v) is 1.76. The molecule has 0 radical (unpaired) electrons. The van der Waals surface area contributed by atoms with Crippen molar-refractivity contribution in [2.24, 2.45) is 0 Å². The largest absolute Gasteiger partial charge is 0.478 e. The van der Waals surface area contributed by atoms with Crippen LogP contribution in [0.15, 0.2) is 18.2 Å². The minimum atomic E-state index is -1.04. The van der Waals surface area contributed by atoms with Crippen LogP contribution >= 0.6 is 0 Å². The molecule has 5 nitrogen and oxygen atoms in total. The Bertz CT molecular complexity index is 399. The topological polar surface area (TPSA) is 115 Å².